The molecule has 2 heterocycles. The second-order valence-electron chi connectivity index (χ2n) is 7.18. The van der Waals surface area contributed by atoms with Gasteiger partial charge in [0, 0.05) is 24.8 Å². The number of hydrogen-bond donors (Lipinski definition) is 3. The number of para-hydroxylation sites is 1. The number of ether oxygens (including phenoxy) is 2. The fourth-order valence-corrected chi connectivity index (χ4v) is 3.65. The number of aliphatic hydroxyl groups is 1. The van der Waals surface area contributed by atoms with Crippen LogP contribution < -0.4 is 10.6 Å². The molecule has 2 aliphatic heterocycles. The summed E-state index contributed by atoms with van der Waals surface area (Å²) >= 11 is 0. The van der Waals surface area contributed by atoms with Crippen molar-refractivity contribution in [3.63, 3.8) is 0 Å². The first-order valence-corrected chi connectivity index (χ1v) is 9.65. The molecular formula is C20H28N2O5. The molecule has 0 unspecified atom stereocenters. The van der Waals surface area contributed by atoms with E-state index in [-0.39, 0.29) is 42.9 Å². The highest BCUT2D eigenvalue weighted by Gasteiger charge is 2.34. The molecule has 27 heavy (non-hydrogen) atoms. The van der Waals surface area contributed by atoms with E-state index in [1.165, 1.54) is 0 Å². The monoisotopic (exact) mass is 376 g/mol. The Bertz CT molecular complexity index is 618. The lowest BCUT2D eigenvalue weighted by Crippen LogP contribution is -2.52. The summed E-state index contributed by atoms with van der Waals surface area (Å²) in [5.41, 5.74) is 0.749. The van der Waals surface area contributed by atoms with Crippen LogP contribution in [0.5, 0.6) is 0 Å². The van der Waals surface area contributed by atoms with Crippen LogP contribution in [-0.2, 0) is 19.1 Å². The molecule has 0 aromatic heterocycles. The van der Waals surface area contributed by atoms with Crippen LogP contribution >= 0.6 is 0 Å². The third kappa shape index (κ3) is 5.76. The van der Waals surface area contributed by atoms with Gasteiger partial charge < -0.3 is 25.2 Å². The molecule has 1 aromatic rings. The molecule has 3 atom stereocenters. The maximum atomic E-state index is 12.4. The smallest absolute Gasteiger partial charge is 0.226 e. The maximum absolute atomic E-state index is 12.4. The van der Waals surface area contributed by atoms with Gasteiger partial charge in [0.15, 0.2) is 0 Å². The molecule has 0 bridgehead atoms. The number of carbonyl (C=O) groups excluding carboxylic acids is 2. The third-order valence-electron chi connectivity index (χ3n) is 5.19. The Morgan fingerprint density at radius 1 is 1.07 bits per heavy atom. The lowest BCUT2D eigenvalue weighted by molar-refractivity contribution is -0.137. The molecule has 2 fully saturated rings. The van der Waals surface area contributed by atoms with Gasteiger partial charge in [0.1, 0.15) is 6.10 Å². The number of aliphatic hydroxyl groups excluding tert-OH is 1. The van der Waals surface area contributed by atoms with Crippen LogP contribution in [0.15, 0.2) is 30.3 Å². The number of hydrogen-bond acceptors (Lipinski definition) is 5. The van der Waals surface area contributed by atoms with Crippen molar-refractivity contribution in [1.82, 2.24) is 5.32 Å². The SMILES string of the molecule is O=C(C[C@H]1CC[C@@H](NC(=O)C2CCOCC2)[C@@H](CO)O1)Nc1ccccc1. The molecule has 0 spiro atoms. The summed E-state index contributed by atoms with van der Waals surface area (Å²) in [6.45, 7) is 1.04. The van der Waals surface area contributed by atoms with Crippen LogP contribution in [0.4, 0.5) is 5.69 Å². The van der Waals surface area contributed by atoms with Gasteiger partial charge in [-0.1, -0.05) is 18.2 Å². The standard InChI is InChI=1S/C20H28N2O5/c23-13-18-17(22-20(25)14-8-10-26-11-9-14)7-6-16(27-18)12-19(24)21-15-4-2-1-3-5-15/h1-5,14,16-18,23H,6-13H2,(H,21,24)(H,22,25)/t16-,17-,18-/m1/s1. The van der Waals surface area contributed by atoms with Crippen molar-refractivity contribution in [2.24, 2.45) is 5.92 Å². The zero-order valence-corrected chi connectivity index (χ0v) is 15.4. The fraction of sp³-hybridized carbons (Fsp3) is 0.600. The highest BCUT2D eigenvalue weighted by molar-refractivity contribution is 5.91. The fourth-order valence-electron chi connectivity index (χ4n) is 3.65. The first-order valence-electron chi connectivity index (χ1n) is 9.65. The molecule has 0 saturated carbocycles. The van der Waals surface area contributed by atoms with Gasteiger partial charge in [0.25, 0.3) is 0 Å². The zero-order valence-electron chi connectivity index (χ0n) is 15.4. The number of nitrogens with one attached hydrogen (secondary N) is 2. The first kappa shape index (κ1) is 19.8. The van der Waals surface area contributed by atoms with Crippen LogP contribution in [0.2, 0.25) is 0 Å². The van der Waals surface area contributed by atoms with E-state index in [2.05, 4.69) is 10.6 Å². The second kappa shape index (κ2) is 9.82. The summed E-state index contributed by atoms with van der Waals surface area (Å²) in [5, 5.41) is 15.5. The maximum Gasteiger partial charge on any atom is 0.226 e. The molecule has 2 amide bonds. The van der Waals surface area contributed by atoms with Gasteiger partial charge in [0.2, 0.25) is 11.8 Å². The quantitative estimate of drug-likeness (QED) is 0.699. The average Bonchev–Trinajstić information content (AvgIpc) is 2.70. The van der Waals surface area contributed by atoms with Crippen LogP contribution in [-0.4, -0.2) is 55.0 Å². The van der Waals surface area contributed by atoms with E-state index in [4.69, 9.17) is 9.47 Å². The van der Waals surface area contributed by atoms with E-state index < -0.39 is 6.10 Å². The van der Waals surface area contributed by atoms with E-state index in [0.717, 1.165) is 18.5 Å². The van der Waals surface area contributed by atoms with Gasteiger partial charge in [-0.2, -0.15) is 0 Å². The topological polar surface area (TPSA) is 96.9 Å². The van der Waals surface area contributed by atoms with Gasteiger partial charge >= 0.3 is 0 Å². The largest absolute Gasteiger partial charge is 0.394 e. The Balaban J connectivity index is 1.47. The number of rotatable bonds is 6. The molecule has 2 saturated heterocycles. The van der Waals surface area contributed by atoms with Crippen LogP contribution in [0.25, 0.3) is 0 Å². The lowest BCUT2D eigenvalue weighted by Gasteiger charge is -2.37. The minimum absolute atomic E-state index is 0.00520. The highest BCUT2D eigenvalue weighted by atomic mass is 16.5. The zero-order chi connectivity index (χ0) is 19.1. The number of benzene rings is 1. The summed E-state index contributed by atoms with van der Waals surface area (Å²) in [5.74, 6) is -0.148. The average molecular weight is 376 g/mol. The summed E-state index contributed by atoms with van der Waals surface area (Å²) in [6.07, 6.45) is 2.28. The molecule has 1 aromatic carbocycles. The van der Waals surface area contributed by atoms with Gasteiger partial charge in [0.05, 0.1) is 25.2 Å². The van der Waals surface area contributed by atoms with Gasteiger partial charge in [-0.15, -0.1) is 0 Å². The minimum Gasteiger partial charge on any atom is -0.394 e. The van der Waals surface area contributed by atoms with Gasteiger partial charge in [-0.3, -0.25) is 9.59 Å². The molecule has 7 heteroatoms. The summed E-state index contributed by atoms with van der Waals surface area (Å²) in [4.78, 5) is 24.6. The molecule has 3 N–H and O–H groups in total. The number of anilines is 1. The van der Waals surface area contributed by atoms with Crippen LogP contribution in [0.1, 0.15) is 32.1 Å². The Morgan fingerprint density at radius 3 is 2.52 bits per heavy atom. The van der Waals surface area contributed by atoms with E-state index >= 15 is 0 Å². The van der Waals surface area contributed by atoms with Crippen LogP contribution in [0.3, 0.4) is 0 Å². The lowest BCUT2D eigenvalue weighted by atomic mass is 9.94. The van der Waals surface area contributed by atoms with Crippen molar-refractivity contribution in [2.45, 2.75) is 50.4 Å². The minimum atomic E-state index is -0.489. The van der Waals surface area contributed by atoms with Crippen molar-refractivity contribution in [1.29, 1.82) is 0 Å². The van der Waals surface area contributed by atoms with Crippen molar-refractivity contribution in [3.05, 3.63) is 30.3 Å². The van der Waals surface area contributed by atoms with Crippen molar-refractivity contribution in [3.8, 4) is 0 Å². The molecular weight excluding hydrogens is 348 g/mol. The number of amides is 2. The Hall–Kier alpha value is -1.96. The Kier molecular flexibility index (Phi) is 7.20. The normalized spacial score (nSPS) is 26.3. The predicted octanol–water partition coefficient (Wildman–Crippen LogP) is 1.47. The van der Waals surface area contributed by atoms with Crippen LogP contribution in [0, 0.1) is 5.92 Å². The summed E-state index contributed by atoms with van der Waals surface area (Å²) in [7, 11) is 0. The molecule has 2 aliphatic rings. The van der Waals surface area contributed by atoms with Crippen molar-refractivity contribution >= 4 is 17.5 Å². The van der Waals surface area contributed by atoms with E-state index in [9.17, 15) is 14.7 Å². The highest BCUT2D eigenvalue weighted by Crippen LogP contribution is 2.24. The van der Waals surface area contributed by atoms with E-state index in [1.807, 2.05) is 30.3 Å². The van der Waals surface area contributed by atoms with Gasteiger partial charge in [-0.25, -0.2) is 0 Å². The number of carbonyl (C=O) groups is 2. The van der Waals surface area contributed by atoms with Crippen molar-refractivity contribution in [2.75, 3.05) is 25.1 Å². The summed E-state index contributed by atoms with van der Waals surface area (Å²) < 4.78 is 11.2. The van der Waals surface area contributed by atoms with Gasteiger partial charge in [-0.05, 0) is 37.8 Å². The molecule has 148 valence electrons. The molecule has 0 aliphatic carbocycles. The molecule has 0 radical (unpaired) electrons. The third-order valence-corrected chi connectivity index (χ3v) is 5.19. The molecule has 7 nitrogen and oxygen atoms in total. The Morgan fingerprint density at radius 2 is 1.81 bits per heavy atom. The second-order valence-corrected chi connectivity index (χ2v) is 7.18. The Labute approximate surface area is 159 Å². The first-order chi connectivity index (χ1) is 13.2. The molecule has 3 rings (SSSR count). The predicted molar refractivity (Wildman–Crippen MR) is 100 cm³/mol. The van der Waals surface area contributed by atoms with E-state index in [0.29, 0.717) is 26.1 Å². The summed E-state index contributed by atoms with van der Waals surface area (Å²) in [6, 6.07) is 9.05. The van der Waals surface area contributed by atoms with E-state index in [1.54, 1.807) is 0 Å². The van der Waals surface area contributed by atoms with Crippen molar-refractivity contribution < 1.29 is 24.2 Å².